The Morgan fingerprint density at radius 1 is 0.812 bits per heavy atom. The van der Waals surface area contributed by atoms with Crippen molar-refractivity contribution in [3.8, 4) is 5.75 Å². The second-order valence-corrected chi connectivity index (χ2v) is 9.89. The summed E-state index contributed by atoms with van der Waals surface area (Å²) in [5.74, 6) is 1.03. The van der Waals surface area contributed by atoms with Gasteiger partial charge in [0.25, 0.3) is 0 Å². The number of halogens is 1. The molecule has 0 bridgehead atoms. The van der Waals surface area contributed by atoms with E-state index in [0.717, 1.165) is 49.7 Å². The first-order valence-electron chi connectivity index (χ1n) is 13.3. The van der Waals surface area contributed by atoms with Crippen molar-refractivity contribution >= 4 is 0 Å². The number of quaternary nitrogens is 1. The van der Waals surface area contributed by atoms with Gasteiger partial charge in [0, 0.05) is 0 Å². The summed E-state index contributed by atoms with van der Waals surface area (Å²) in [7, 11) is 2.32. The van der Waals surface area contributed by atoms with Crippen LogP contribution in [0.1, 0.15) is 96.0 Å². The summed E-state index contributed by atoms with van der Waals surface area (Å²) < 4.78 is 12.6. The average molecular weight is 513 g/mol. The van der Waals surface area contributed by atoms with Gasteiger partial charge in [-0.2, -0.15) is 0 Å². The van der Waals surface area contributed by atoms with E-state index < -0.39 is 0 Å². The highest BCUT2D eigenvalue weighted by Gasteiger charge is 2.24. The summed E-state index contributed by atoms with van der Waals surface area (Å²) in [5.41, 5.74) is 1.42. The highest BCUT2D eigenvalue weighted by Crippen LogP contribution is 2.18. The number of hydrogen-bond donors (Lipinski definition) is 0. The summed E-state index contributed by atoms with van der Waals surface area (Å²) in [4.78, 5) is 0. The van der Waals surface area contributed by atoms with Crippen LogP contribution in [0.3, 0.4) is 0 Å². The smallest absolute Gasteiger partial charge is 0.137 e. The largest absolute Gasteiger partial charge is 1.00 e. The number of likely N-dealkylation sites (N-methyl/N-ethyl adjacent to an activating group) is 1. The first-order valence-corrected chi connectivity index (χ1v) is 13.3. The Morgan fingerprint density at radius 2 is 1.38 bits per heavy atom. The molecular weight excluding hydrogens is 462 g/mol. The van der Waals surface area contributed by atoms with E-state index in [4.69, 9.17) is 9.47 Å². The van der Waals surface area contributed by atoms with Crippen molar-refractivity contribution in [2.45, 2.75) is 96.8 Å². The van der Waals surface area contributed by atoms with Crippen LogP contribution in [0.4, 0.5) is 0 Å². The standard InChI is InChI=1S/C28H50NO2.BrH/c1-3-4-5-6-7-8-9-10-11-12-13-14-15-17-27-18-16-19-28(26-27)31-25-22-29(2)20-23-30-24-21-29;/h16,18-19,26H,3-15,17,20-25H2,1-2H3;1H/q+1;/p-1. The van der Waals surface area contributed by atoms with Gasteiger partial charge in [0.05, 0.1) is 20.3 Å². The number of unbranched alkanes of at least 4 members (excludes halogenated alkanes) is 12. The van der Waals surface area contributed by atoms with Gasteiger partial charge in [-0.3, -0.25) is 0 Å². The third-order valence-electron chi connectivity index (χ3n) is 6.92. The van der Waals surface area contributed by atoms with E-state index in [2.05, 4.69) is 38.2 Å². The fraction of sp³-hybridized carbons (Fsp3) is 0.786. The van der Waals surface area contributed by atoms with Gasteiger partial charge < -0.3 is 30.9 Å². The highest BCUT2D eigenvalue weighted by atomic mass is 79.9. The summed E-state index contributed by atoms with van der Waals surface area (Å²) in [6.07, 6.45) is 19.6. The molecule has 186 valence electrons. The molecule has 1 aromatic carbocycles. The first-order chi connectivity index (χ1) is 15.2. The predicted octanol–water partition coefficient (Wildman–Crippen LogP) is 4.18. The van der Waals surface area contributed by atoms with E-state index in [1.165, 1.54) is 95.5 Å². The maximum Gasteiger partial charge on any atom is 0.137 e. The van der Waals surface area contributed by atoms with E-state index in [-0.39, 0.29) is 17.0 Å². The highest BCUT2D eigenvalue weighted by molar-refractivity contribution is 5.28. The van der Waals surface area contributed by atoms with Crippen LogP contribution < -0.4 is 21.7 Å². The van der Waals surface area contributed by atoms with Crippen molar-refractivity contribution in [1.29, 1.82) is 0 Å². The minimum absolute atomic E-state index is 0. The minimum Gasteiger partial charge on any atom is -1.00 e. The van der Waals surface area contributed by atoms with Crippen LogP contribution in [0, 0.1) is 0 Å². The third-order valence-corrected chi connectivity index (χ3v) is 6.92. The summed E-state index contributed by atoms with van der Waals surface area (Å²) >= 11 is 0. The fourth-order valence-electron chi connectivity index (χ4n) is 4.53. The van der Waals surface area contributed by atoms with Crippen LogP contribution in [0.2, 0.25) is 0 Å². The number of benzene rings is 1. The minimum atomic E-state index is 0. The van der Waals surface area contributed by atoms with Crippen molar-refractivity contribution in [3.05, 3.63) is 29.8 Å². The Hall–Kier alpha value is -0.580. The Kier molecular flexibility index (Phi) is 17.3. The summed E-state index contributed by atoms with van der Waals surface area (Å²) in [6.45, 7) is 8.10. The molecule has 1 fully saturated rings. The first kappa shape index (κ1) is 29.5. The predicted molar refractivity (Wildman–Crippen MR) is 133 cm³/mol. The van der Waals surface area contributed by atoms with Gasteiger partial charge in [-0.05, 0) is 30.5 Å². The summed E-state index contributed by atoms with van der Waals surface area (Å²) in [6, 6.07) is 8.76. The number of ether oxygens (including phenoxy) is 2. The molecule has 1 aliphatic rings. The van der Waals surface area contributed by atoms with E-state index in [1.54, 1.807) is 0 Å². The van der Waals surface area contributed by atoms with Crippen LogP contribution in [0.25, 0.3) is 0 Å². The molecule has 0 unspecified atom stereocenters. The lowest BCUT2D eigenvalue weighted by molar-refractivity contribution is -0.916. The van der Waals surface area contributed by atoms with Crippen LogP contribution >= 0.6 is 0 Å². The van der Waals surface area contributed by atoms with Gasteiger partial charge in [-0.15, -0.1) is 0 Å². The average Bonchev–Trinajstić information content (AvgIpc) is 2.78. The molecule has 2 rings (SSSR count). The van der Waals surface area contributed by atoms with Crippen molar-refractivity contribution in [2.75, 3.05) is 46.5 Å². The molecule has 0 atom stereocenters. The molecule has 3 nitrogen and oxygen atoms in total. The third kappa shape index (κ3) is 13.9. The van der Waals surface area contributed by atoms with Gasteiger partial charge in [0.1, 0.15) is 32.0 Å². The lowest BCUT2D eigenvalue weighted by Gasteiger charge is -2.37. The molecular formula is C28H50BrNO2. The maximum absolute atomic E-state index is 6.08. The van der Waals surface area contributed by atoms with Gasteiger partial charge in [0.15, 0.2) is 0 Å². The normalized spacial score (nSPS) is 15.3. The Bertz CT molecular complexity index is 560. The van der Waals surface area contributed by atoms with Crippen LogP contribution in [0.15, 0.2) is 24.3 Å². The quantitative estimate of drug-likeness (QED) is 0.217. The zero-order chi connectivity index (χ0) is 22.0. The second-order valence-electron chi connectivity index (χ2n) is 9.89. The molecule has 0 radical (unpaired) electrons. The van der Waals surface area contributed by atoms with E-state index in [1.807, 2.05) is 0 Å². The zero-order valence-electron chi connectivity index (χ0n) is 21.1. The molecule has 1 aliphatic heterocycles. The Labute approximate surface area is 209 Å². The molecule has 32 heavy (non-hydrogen) atoms. The van der Waals surface area contributed by atoms with Crippen molar-refractivity contribution in [1.82, 2.24) is 0 Å². The van der Waals surface area contributed by atoms with Crippen LogP contribution in [-0.2, 0) is 11.2 Å². The van der Waals surface area contributed by atoms with Crippen molar-refractivity contribution in [2.24, 2.45) is 0 Å². The molecule has 4 heteroatoms. The fourth-order valence-corrected chi connectivity index (χ4v) is 4.53. The van der Waals surface area contributed by atoms with Crippen molar-refractivity contribution < 1.29 is 30.9 Å². The van der Waals surface area contributed by atoms with Crippen LogP contribution in [-0.4, -0.2) is 51.0 Å². The number of rotatable bonds is 18. The van der Waals surface area contributed by atoms with E-state index >= 15 is 0 Å². The van der Waals surface area contributed by atoms with Crippen LogP contribution in [0.5, 0.6) is 5.75 Å². The Balaban J connectivity index is 0.00000512. The Morgan fingerprint density at radius 3 is 1.97 bits per heavy atom. The number of aryl methyl sites for hydroxylation is 1. The lowest BCUT2D eigenvalue weighted by Crippen LogP contribution is -3.00. The molecule has 1 aromatic rings. The molecule has 0 amide bonds. The number of nitrogens with zero attached hydrogens (tertiary/aromatic N) is 1. The number of morpholine rings is 1. The van der Waals surface area contributed by atoms with Crippen molar-refractivity contribution in [3.63, 3.8) is 0 Å². The molecule has 0 aromatic heterocycles. The molecule has 1 heterocycles. The van der Waals surface area contributed by atoms with E-state index in [0.29, 0.717) is 0 Å². The maximum atomic E-state index is 6.08. The molecule has 0 spiro atoms. The van der Waals surface area contributed by atoms with E-state index in [9.17, 15) is 0 Å². The molecule has 0 aliphatic carbocycles. The lowest BCUT2D eigenvalue weighted by atomic mass is 10.0. The van der Waals surface area contributed by atoms with Gasteiger partial charge >= 0.3 is 0 Å². The topological polar surface area (TPSA) is 18.5 Å². The van der Waals surface area contributed by atoms with Gasteiger partial charge in [0.2, 0.25) is 0 Å². The molecule has 1 saturated heterocycles. The monoisotopic (exact) mass is 511 g/mol. The second kappa shape index (κ2) is 18.8. The molecule has 0 saturated carbocycles. The van der Waals surface area contributed by atoms with Gasteiger partial charge in [-0.1, -0.05) is 96.1 Å². The SMILES string of the molecule is CCCCCCCCCCCCCCCc1cccc(OCC[N+]2(C)CCOCC2)c1.[Br-]. The summed E-state index contributed by atoms with van der Waals surface area (Å²) in [5, 5.41) is 0. The van der Waals surface area contributed by atoms with Gasteiger partial charge in [-0.25, -0.2) is 0 Å². The number of hydrogen-bond acceptors (Lipinski definition) is 2. The zero-order valence-corrected chi connectivity index (χ0v) is 22.7. The molecule has 0 N–H and O–H groups in total.